The fraction of sp³-hybridized carbons (Fsp3) is 0.261. The van der Waals surface area contributed by atoms with Crippen molar-refractivity contribution in [1.82, 2.24) is 10.2 Å². The second-order valence-corrected chi connectivity index (χ2v) is 8.11. The average molecular weight is 442 g/mol. The molecule has 31 heavy (non-hydrogen) atoms. The molecule has 0 aromatic heterocycles. The number of rotatable bonds is 7. The van der Waals surface area contributed by atoms with E-state index in [2.05, 4.69) is 17.2 Å². The minimum Gasteiger partial charge on any atom is -0.489 e. The number of nitrogens with zero attached hydrogens (tertiary/aromatic N) is 1. The van der Waals surface area contributed by atoms with Gasteiger partial charge in [0.05, 0.1) is 0 Å². The van der Waals surface area contributed by atoms with Crippen molar-refractivity contribution in [3.05, 3.63) is 71.3 Å². The topological polar surface area (TPSA) is 87.7 Å². The first-order valence-electron chi connectivity index (χ1n) is 9.72. The van der Waals surface area contributed by atoms with E-state index in [4.69, 9.17) is 16.3 Å². The maximum atomic E-state index is 13.2. The number of anilines is 1. The van der Waals surface area contributed by atoms with Gasteiger partial charge in [-0.2, -0.15) is 0 Å². The lowest BCUT2D eigenvalue weighted by molar-refractivity contribution is -0.136. The monoisotopic (exact) mass is 441 g/mol. The van der Waals surface area contributed by atoms with E-state index in [0.717, 1.165) is 10.5 Å². The van der Waals surface area contributed by atoms with Crippen LogP contribution in [0, 0.1) is 0 Å². The summed E-state index contributed by atoms with van der Waals surface area (Å²) in [6, 6.07) is 11.8. The molecule has 8 heteroatoms. The Kier molecular flexibility index (Phi) is 6.36. The van der Waals surface area contributed by atoms with Gasteiger partial charge in [0.15, 0.2) is 0 Å². The molecule has 0 saturated carbocycles. The maximum absolute atomic E-state index is 13.2. The number of urea groups is 1. The Hall–Kier alpha value is -3.32. The zero-order chi connectivity index (χ0) is 22.8. The highest BCUT2D eigenvalue weighted by Gasteiger charge is 2.51. The van der Waals surface area contributed by atoms with Gasteiger partial charge in [-0.05, 0) is 68.3 Å². The summed E-state index contributed by atoms with van der Waals surface area (Å²) in [5.41, 5.74) is 0.692. The Labute approximate surface area is 186 Å². The minimum atomic E-state index is -1.29. The highest BCUT2D eigenvalue weighted by molar-refractivity contribution is 6.30. The molecule has 0 spiro atoms. The Morgan fingerprint density at radius 2 is 1.81 bits per heavy atom. The van der Waals surface area contributed by atoms with E-state index in [1.54, 1.807) is 55.5 Å². The number of carbonyl (C=O) groups excluding carboxylic acids is 3. The fourth-order valence-electron chi connectivity index (χ4n) is 3.20. The molecule has 7 nitrogen and oxygen atoms in total. The number of nitrogens with one attached hydrogen (secondary N) is 2. The lowest BCUT2D eigenvalue weighted by Gasteiger charge is -2.24. The smallest absolute Gasteiger partial charge is 0.326 e. The Morgan fingerprint density at radius 1 is 1.19 bits per heavy atom. The molecule has 2 unspecified atom stereocenters. The molecule has 3 rings (SSSR count). The second kappa shape index (κ2) is 8.81. The van der Waals surface area contributed by atoms with Crippen molar-refractivity contribution in [1.29, 1.82) is 0 Å². The standard InChI is InChI=1S/C23H24ClN3O4/c1-14(2)13-31-19-11-5-16(6-12-19)23(4)21(29)27(22(30)26-23)15(3)20(28)25-18-9-7-17(24)8-10-18/h5-12,15H,1,13H2,2-4H3,(H,25,28)(H,26,30). The van der Waals surface area contributed by atoms with E-state index < -0.39 is 29.4 Å². The number of hydrogen-bond donors (Lipinski definition) is 2. The predicted octanol–water partition coefficient (Wildman–Crippen LogP) is 4.09. The highest BCUT2D eigenvalue weighted by Crippen LogP contribution is 2.31. The molecule has 2 N–H and O–H groups in total. The zero-order valence-electron chi connectivity index (χ0n) is 17.6. The van der Waals surface area contributed by atoms with E-state index in [9.17, 15) is 14.4 Å². The summed E-state index contributed by atoms with van der Waals surface area (Å²) in [5.74, 6) is -0.370. The predicted molar refractivity (Wildman–Crippen MR) is 119 cm³/mol. The molecule has 1 fully saturated rings. The third kappa shape index (κ3) is 4.72. The van der Waals surface area contributed by atoms with Gasteiger partial charge in [0.1, 0.15) is 23.9 Å². The third-order valence-electron chi connectivity index (χ3n) is 5.02. The van der Waals surface area contributed by atoms with Crippen LogP contribution < -0.4 is 15.4 Å². The molecule has 4 amide bonds. The summed E-state index contributed by atoms with van der Waals surface area (Å²) in [6.45, 7) is 9.15. The highest BCUT2D eigenvalue weighted by atomic mass is 35.5. The molecule has 0 radical (unpaired) electrons. The van der Waals surface area contributed by atoms with Gasteiger partial charge in [0, 0.05) is 10.7 Å². The number of benzene rings is 2. The molecule has 1 aliphatic heterocycles. The van der Waals surface area contributed by atoms with E-state index in [-0.39, 0.29) is 0 Å². The number of imide groups is 1. The molecule has 2 atom stereocenters. The fourth-order valence-corrected chi connectivity index (χ4v) is 3.32. The summed E-state index contributed by atoms with van der Waals surface area (Å²) >= 11 is 5.85. The van der Waals surface area contributed by atoms with Crippen molar-refractivity contribution >= 4 is 35.1 Å². The van der Waals surface area contributed by atoms with Crippen LogP contribution in [0.2, 0.25) is 5.02 Å². The minimum absolute atomic E-state index is 0.389. The first-order chi connectivity index (χ1) is 14.6. The summed E-state index contributed by atoms with van der Waals surface area (Å²) in [5, 5.41) is 5.93. The van der Waals surface area contributed by atoms with Crippen molar-refractivity contribution in [3.63, 3.8) is 0 Å². The van der Waals surface area contributed by atoms with Crippen LogP contribution in [-0.2, 0) is 15.1 Å². The van der Waals surface area contributed by atoms with Gasteiger partial charge < -0.3 is 15.4 Å². The van der Waals surface area contributed by atoms with Gasteiger partial charge in [-0.15, -0.1) is 0 Å². The van der Waals surface area contributed by atoms with Crippen LogP contribution in [0.1, 0.15) is 26.3 Å². The Balaban J connectivity index is 1.75. The summed E-state index contributed by atoms with van der Waals surface area (Å²) < 4.78 is 5.58. The van der Waals surface area contributed by atoms with Crippen molar-refractivity contribution < 1.29 is 19.1 Å². The van der Waals surface area contributed by atoms with E-state index in [1.165, 1.54) is 6.92 Å². The van der Waals surface area contributed by atoms with Crippen LogP contribution in [0.15, 0.2) is 60.7 Å². The van der Waals surface area contributed by atoms with Crippen LogP contribution in [0.4, 0.5) is 10.5 Å². The molecule has 2 aromatic carbocycles. The SMILES string of the molecule is C=C(C)COc1ccc(C2(C)NC(=O)N(C(C)C(=O)Nc3ccc(Cl)cc3)C2=O)cc1. The second-order valence-electron chi connectivity index (χ2n) is 7.67. The first kappa shape index (κ1) is 22.4. The Morgan fingerprint density at radius 3 is 2.39 bits per heavy atom. The molecule has 1 saturated heterocycles. The lowest BCUT2D eigenvalue weighted by atomic mass is 9.91. The largest absolute Gasteiger partial charge is 0.489 e. The number of ether oxygens (including phenoxy) is 1. The molecule has 162 valence electrons. The van der Waals surface area contributed by atoms with Gasteiger partial charge in [-0.25, -0.2) is 9.69 Å². The number of halogens is 1. The van der Waals surface area contributed by atoms with E-state index >= 15 is 0 Å². The van der Waals surface area contributed by atoms with Crippen LogP contribution in [-0.4, -0.2) is 35.4 Å². The normalized spacial score (nSPS) is 19.0. The summed E-state index contributed by atoms with van der Waals surface area (Å²) in [6.07, 6.45) is 0. The molecular formula is C23H24ClN3O4. The van der Waals surface area contributed by atoms with Gasteiger partial charge in [0.2, 0.25) is 5.91 Å². The van der Waals surface area contributed by atoms with Crippen LogP contribution in [0.3, 0.4) is 0 Å². The van der Waals surface area contributed by atoms with Crippen molar-refractivity contribution in [3.8, 4) is 5.75 Å². The molecule has 1 heterocycles. The quantitative estimate of drug-likeness (QED) is 0.500. The molecule has 2 aromatic rings. The van der Waals surface area contributed by atoms with Crippen molar-refractivity contribution in [2.24, 2.45) is 0 Å². The average Bonchev–Trinajstić information content (AvgIpc) is 2.97. The van der Waals surface area contributed by atoms with Crippen LogP contribution in [0.5, 0.6) is 5.75 Å². The van der Waals surface area contributed by atoms with Gasteiger partial charge >= 0.3 is 6.03 Å². The number of amides is 4. The molecule has 0 bridgehead atoms. The van der Waals surface area contributed by atoms with Gasteiger partial charge in [-0.3, -0.25) is 9.59 Å². The zero-order valence-corrected chi connectivity index (χ0v) is 18.3. The van der Waals surface area contributed by atoms with Gasteiger partial charge in [-0.1, -0.05) is 30.3 Å². The first-order valence-corrected chi connectivity index (χ1v) is 10.1. The lowest BCUT2D eigenvalue weighted by Crippen LogP contribution is -2.47. The van der Waals surface area contributed by atoms with Crippen molar-refractivity contribution in [2.75, 3.05) is 11.9 Å². The van der Waals surface area contributed by atoms with E-state index in [1.807, 2.05) is 6.92 Å². The Bertz CT molecular complexity index is 1020. The molecule has 0 aliphatic carbocycles. The van der Waals surface area contributed by atoms with Crippen molar-refractivity contribution in [2.45, 2.75) is 32.4 Å². The number of hydrogen-bond acceptors (Lipinski definition) is 4. The van der Waals surface area contributed by atoms with E-state index in [0.29, 0.717) is 28.6 Å². The summed E-state index contributed by atoms with van der Waals surface area (Å²) in [4.78, 5) is 39.4. The molecule has 1 aliphatic rings. The maximum Gasteiger partial charge on any atom is 0.326 e. The van der Waals surface area contributed by atoms with Gasteiger partial charge in [0.25, 0.3) is 5.91 Å². The van der Waals surface area contributed by atoms with Crippen LogP contribution >= 0.6 is 11.6 Å². The third-order valence-corrected chi connectivity index (χ3v) is 5.27. The number of carbonyl (C=O) groups is 3. The molecular weight excluding hydrogens is 418 g/mol. The van der Waals surface area contributed by atoms with Crippen LogP contribution in [0.25, 0.3) is 0 Å². The summed E-state index contributed by atoms with van der Waals surface area (Å²) in [7, 11) is 0.